The summed E-state index contributed by atoms with van der Waals surface area (Å²) >= 11 is 0. The molecule has 122 valence electrons. The molecule has 2 unspecified atom stereocenters. The van der Waals surface area contributed by atoms with Gasteiger partial charge in [0.1, 0.15) is 0 Å². The van der Waals surface area contributed by atoms with Crippen LogP contribution < -0.4 is 5.32 Å². The van der Waals surface area contributed by atoms with Gasteiger partial charge in [-0.25, -0.2) is 0 Å². The molecule has 1 N–H and O–H groups in total. The minimum Gasteiger partial charge on any atom is -0.339 e. The molecule has 0 saturated carbocycles. The van der Waals surface area contributed by atoms with Gasteiger partial charge < -0.3 is 10.2 Å². The van der Waals surface area contributed by atoms with Crippen molar-refractivity contribution in [3.05, 3.63) is 0 Å². The second-order valence-corrected chi connectivity index (χ2v) is 6.88. The number of rotatable bonds is 6. The number of hydrogen-bond acceptors (Lipinski definition) is 3. The lowest BCUT2D eigenvalue weighted by molar-refractivity contribution is -0.135. The Morgan fingerprint density at radius 1 is 1.29 bits per heavy atom. The summed E-state index contributed by atoms with van der Waals surface area (Å²) in [6, 6.07) is 0.436. The summed E-state index contributed by atoms with van der Waals surface area (Å²) in [5.74, 6) is 1.07. The van der Waals surface area contributed by atoms with Gasteiger partial charge in [-0.3, -0.25) is 9.69 Å². The van der Waals surface area contributed by atoms with E-state index in [2.05, 4.69) is 29.0 Å². The van der Waals surface area contributed by atoms with E-state index >= 15 is 0 Å². The average molecular weight is 295 g/mol. The van der Waals surface area contributed by atoms with Crippen molar-refractivity contribution in [2.45, 2.75) is 58.4 Å². The number of carbonyl (C=O) groups is 1. The molecular formula is C17H33N3O. The van der Waals surface area contributed by atoms with Gasteiger partial charge in [-0.2, -0.15) is 0 Å². The Bertz CT molecular complexity index is 315. The summed E-state index contributed by atoms with van der Waals surface area (Å²) < 4.78 is 0. The topological polar surface area (TPSA) is 35.6 Å². The predicted octanol–water partition coefficient (Wildman–Crippen LogP) is 2.10. The summed E-state index contributed by atoms with van der Waals surface area (Å²) in [6.07, 6.45) is 7.34. The zero-order valence-corrected chi connectivity index (χ0v) is 13.9. The Balaban J connectivity index is 1.83. The van der Waals surface area contributed by atoms with Gasteiger partial charge in [0.15, 0.2) is 0 Å². The van der Waals surface area contributed by atoms with Crippen LogP contribution in [0.3, 0.4) is 0 Å². The molecular weight excluding hydrogens is 262 g/mol. The highest BCUT2D eigenvalue weighted by Gasteiger charge is 2.25. The van der Waals surface area contributed by atoms with E-state index in [-0.39, 0.29) is 0 Å². The second-order valence-electron chi connectivity index (χ2n) is 6.88. The first kappa shape index (κ1) is 16.8. The first-order valence-electron chi connectivity index (χ1n) is 8.93. The van der Waals surface area contributed by atoms with Gasteiger partial charge in [0, 0.05) is 19.1 Å². The molecule has 1 amide bonds. The second kappa shape index (κ2) is 8.74. The normalized spacial score (nSPS) is 27.1. The summed E-state index contributed by atoms with van der Waals surface area (Å²) in [7, 11) is 0. The smallest absolute Gasteiger partial charge is 0.236 e. The highest BCUT2D eigenvalue weighted by molar-refractivity contribution is 5.78. The number of piperidine rings is 2. The summed E-state index contributed by atoms with van der Waals surface area (Å²) in [5.41, 5.74) is 0. The molecule has 0 aromatic carbocycles. The Morgan fingerprint density at radius 2 is 2.14 bits per heavy atom. The Labute approximate surface area is 130 Å². The van der Waals surface area contributed by atoms with E-state index in [1.165, 1.54) is 32.1 Å². The van der Waals surface area contributed by atoms with Crippen LogP contribution in [0, 0.1) is 5.92 Å². The fraction of sp³-hybridized carbons (Fsp3) is 0.941. The van der Waals surface area contributed by atoms with Crippen molar-refractivity contribution in [3.63, 3.8) is 0 Å². The molecule has 2 aliphatic rings. The van der Waals surface area contributed by atoms with Crippen LogP contribution in [0.25, 0.3) is 0 Å². The fourth-order valence-electron chi connectivity index (χ4n) is 3.75. The van der Waals surface area contributed by atoms with Gasteiger partial charge in [0.2, 0.25) is 5.91 Å². The average Bonchev–Trinajstić information content (AvgIpc) is 2.49. The molecule has 2 saturated heterocycles. The lowest BCUT2D eigenvalue weighted by Gasteiger charge is -2.36. The van der Waals surface area contributed by atoms with Gasteiger partial charge in [-0.05, 0) is 71.0 Å². The third-order valence-electron chi connectivity index (χ3n) is 4.94. The number of nitrogens with one attached hydrogen (secondary N) is 1. The Hall–Kier alpha value is -0.610. The van der Waals surface area contributed by atoms with Crippen molar-refractivity contribution >= 4 is 5.91 Å². The van der Waals surface area contributed by atoms with E-state index in [0.29, 0.717) is 18.5 Å². The molecule has 0 aromatic rings. The maximum atomic E-state index is 12.6. The number of amides is 1. The van der Waals surface area contributed by atoms with E-state index in [4.69, 9.17) is 0 Å². The lowest BCUT2D eigenvalue weighted by Crippen LogP contribution is -2.48. The van der Waals surface area contributed by atoms with E-state index in [1.807, 2.05) is 0 Å². The van der Waals surface area contributed by atoms with Crippen LogP contribution in [0.5, 0.6) is 0 Å². The highest BCUT2D eigenvalue weighted by Crippen LogP contribution is 2.17. The molecule has 4 heteroatoms. The quantitative estimate of drug-likeness (QED) is 0.815. The van der Waals surface area contributed by atoms with Gasteiger partial charge in [0.05, 0.1) is 6.54 Å². The molecule has 0 bridgehead atoms. The maximum Gasteiger partial charge on any atom is 0.236 e. The number of hydrogen-bond donors (Lipinski definition) is 1. The van der Waals surface area contributed by atoms with Crippen LogP contribution in [-0.4, -0.2) is 61.0 Å². The number of likely N-dealkylation sites (tertiary alicyclic amines) is 1. The largest absolute Gasteiger partial charge is 0.339 e. The van der Waals surface area contributed by atoms with Crippen molar-refractivity contribution in [3.8, 4) is 0 Å². The van der Waals surface area contributed by atoms with Crippen LogP contribution in [0.1, 0.15) is 52.4 Å². The maximum absolute atomic E-state index is 12.6. The third-order valence-corrected chi connectivity index (χ3v) is 4.94. The number of nitrogens with zero attached hydrogens (tertiary/aromatic N) is 2. The molecule has 0 radical (unpaired) electrons. The third kappa shape index (κ3) is 5.26. The highest BCUT2D eigenvalue weighted by atomic mass is 16.2. The molecule has 2 aliphatic heterocycles. The summed E-state index contributed by atoms with van der Waals surface area (Å²) in [6.45, 7) is 10.4. The molecule has 2 fully saturated rings. The lowest BCUT2D eigenvalue weighted by atomic mass is 9.99. The first-order valence-corrected chi connectivity index (χ1v) is 8.93. The van der Waals surface area contributed by atoms with Crippen molar-refractivity contribution in [2.75, 3.05) is 39.3 Å². The molecule has 2 atom stereocenters. The molecule has 2 rings (SSSR count). The molecule has 0 aliphatic carbocycles. The van der Waals surface area contributed by atoms with Crippen molar-refractivity contribution in [2.24, 2.45) is 5.92 Å². The molecule has 4 nitrogen and oxygen atoms in total. The Kier molecular flexibility index (Phi) is 6.97. The standard InChI is InChI=1S/C17H33N3O/c1-3-10-19(13-16-8-6-9-18-12-16)14-17(21)20-11-5-4-7-15(20)2/h15-16,18H,3-14H2,1-2H3. The van der Waals surface area contributed by atoms with Gasteiger partial charge in [-0.1, -0.05) is 6.92 Å². The predicted molar refractivity (Wildman–Crippen MR) is 87.4 cm³/mol. The minimum absolute atomic E-state index is 0.347. The van der Waals surface area contributed by atoms with Crippen LogP contribution in [0.2, 0.25) is 0 Å². The summed E-state index contributed by atoms with van der Waals surface area (Å²) in [5, 5.41) is 3.48. The van der Waals surface area contributed by atoms with E-state index < -0.39 is 0 Å². The molecule has 0 spiro atoms. The molecule has 0 aromatic heterocycles. The fourth-order valence-corrected chi connectivity index (χ4v) is 3.75. The first-order chi connectivity index (χ1) is 10.2. The molecule has 21 heavy (non-hydrogen) atoms. The van der Waals surface area contributed by atoms with Gasteiger partial charge >= 0.3 is 0 Å². The van der Waals surface area contributed by atoms with Gasteiger partial charge in [-0.15, -0.1) is 0 Å². The van der Waals surface area contributed by atoms with Gasteiger partial charge in [0.25, 0.3) is 0 Å². The van der Waals surface area contributed by atoms with Crippen LogP contribution in [0.4, 0.5) is 0 Å². The monoisotopic (exact) mass is 295 g/mol. The van der Waals surface area contributed by atoms with Crippen molar-refractivity contribution < 1.29 is 4.79 Å². The Morgan fingerprint density at radius 3 is 2.81 bits per heavy atom. The van der Waals surface area contributed by atoms with E-state index in [9.17, 15) is 4.79 Å². The van der Waals surface area contributed by atoms with E-state index in [0.717, 1.165) is 45.1 Å². The van der Waals surface area contributed by atoms with Crippen molar-refractivity contribution in [1.29, 1.82) is 0 Å². The minimum atomic E-state index is 0.347. The molecule has 2 heterocycles. The zero-order chi connectivity index (χ0) is 15.1. The van der Waals surface area contributed by atoms with Crippen LogP contribution in [0.15, 0.2) is 0 Å². The zero-order valence-electron chi connectivity index (χ0n) is 13.9. The summed E-state index contributed by atoms with van der Waals surface area (Å²) in [4.78, 5) is 17.1. The van der Waals surface area contributed by atoms with Crippen LogP contribution >= 0.6 is 0 Å². The SMILES string of the molecule is CCCN(CC(=O)N1CCCCC1C)CC1CCCNC1. The van der Waals surface area contributed by atoms with E-state index in [1.54, 1.807) is 0 Å². The van der Waals surface area contributed by atoms with Crippen molar-refractivity contribution in [1.82, 2.24) is 15.1 Å². The number of carbonyl (C=O) groups excluding carboxylic acids is 1. The van der Waals surface area contributed by atoms with Crippen LogP contribution in [-0.2, 0) is 4.79 Å².